The number of amides is 1. The largest absolute Gasteiger partial charge is 0.480 e. The SMILES string of the molecule is CC1(OCC(=O)O)CN(C(=O)C2(C)CCCCN2)C1. The fourth-order valence-electron chi connectivity index (χ4n) is 2.82. The molecule has 0 aromatic heterocycles. The van der Waals surface area contributed by atoms with Gasteiger partial charge in [0.25, 0.3) is 0 Å². The van der Waals surface area contributed by atoms with Gasteiger partial charge in [0.15, 0.2) is 0 Å². The summed E-state index contributed by atoms with van der Waals surface area (Å²) in [5.41, 5.74) is -0.981. The van der Waals surface area contributed by atoms with E-state index in [1.807, 2.05) is 13.8 Å². The summed E-state index contributed by atoms with van der Waals surface area (Å²) in [4.78, 5) is 24.7. The Morgan fingerprint density at radius 1 is 1.32 bits per heavy atom. The topological polar surface area (TPSA) is 78.9 Å². The van der Waals surface area contributed by atoms with E-state index in [1.165, 1.54) is 0 Å². The average molecular weight is 270 g/mol. The Kier molecular flexibility index (Phi) is 3.82. The van der Waals surface area contributed by atoms with Crippen molar-refractivity contribution in [2.24, 2.45) is 0 Å². The lowest BCUT2D eigenvalue weighted by Crippen LogP contribution is -2.69. The molecular weight excluding hydrogens is 248 g/mol. The van der Waals surface area contributed by atoms with Crippen molar-refractivity contribution < 1.29 is 19.4 Å². The van der Waals surface area contributed by atoms with Crippen LogP contribution >= 0.6 is 0 Å². The van der Waals surface area contributed by atoms with Crippen molar-refractivity contribution in [2.45, 2.75) is 44.2 Å². The molecule has 2 rings (SSSR count). The predicted octanol–water partition coefficient (Wildman–Crippen LogP) is 0.221. The lowest BCUT2D eigenvalue weighted by Gasteiger charge is -2.50. The van der Waals surface area contributed by atoms with E-state index in [0.29, 0.717) is 13.1 Å². The molecule has 0 aromatic carbocycles. The number of likely N-dealkylation sites (tertiary alicyclic amines) is 1. The maximum atomic E-state index is 12.4. The maximum absolute atomic E-state index is 12.4. The van der Waals surface area contributed by atoms with Crippen LogP contribution in [0.1, 0.15) is 33.1 Å². The van der Waals surface area contributed by atoms with Gasteiger partial charge >= 0.3 is 5.97 Å². The van der Waals surface area contributed by atoms with Crippen LogP contribution in [0.3, 0.4) is 0 Å². The fraction of sp³-hybridized carbons (Fsp3) is 0.846. The zero-order valence-electron chi connectivity index (χ0n) is 11.6. The molecule has 2 heterocycles. The Morgan fingerprint density at radius 3 is 2.53 bits per heavy atom. The molecule has 2 aliphatic rings. The van der Waals surface area contributed by atoms with Gasteiger partial charge in [0, 0.05) is 0 Å². The van der Waals surface area contributed by atoms with Gasteiger partial charge in [0.05, 0.1) is 18.6 Å². The lowest BCUT2D eigenvalue weighted by atomic mass is 9.86. The van der Waals surface area contributed by atoms with Gasteiger partial charge < -0.3 is 20.1 Å². The van der Waals surface area contributed by atoms with Crippen LogP contribution in [0.15, 0.2) is 0 Å². The van der Waals surface area contributed by atoms with E-state index in [2.05, 4.69) is 5.32 Å². The Bertz CT molecular complexity index is 371. The second kappa shape index (κ2) is 5.09. The van der Waals surface area contributed by atoms with E-state index >= 15 is 0 Å². The first-order valence-electron chi connectivity index (χ1n) is 6.75. The maximum Gasteiger partial charge on any atom is 0.329 e. The van der Waals surface area contributed by atoms with Gasteiger partial charge in [-0.3, -0.25) is 4.79 Å². The number of piperidine rings is 1. The van der Waals surface area contributed by atoms with E-state index < -0.39 is 17.1 Å². The third kappa shape index (κ3) is 3.06. The van der Waals surface area contributed by atoms with Gasteiger partial charge in [0.1, 0.15) is 12.2 Å². The zero-order valence-corrected chi connectivity index (χ0v) is 11.6. The lowest BCUT2D eigenvalue weighted by molar-refractivity contribution is -0.177. The number of carbonyl (C=O) groups excluding carboxylic acids is 1. The number of hydrogen-bond acceptors (Lipinski definition) is 4. The Balaban J connectivity index is 1.85. The van der Waals surface area contributed by atoms with Crippen molar-refractivity contribution in [3.05, 3.63) is 0 Å². The Hall–Kier alpha value is -1.14. The normalized spacial score (nSPS) is 29.7. The molecule has 2 aliphatic heterocycles. The van der Waals surface area contributed by atoms with Gasteiger partial charge in [0.2, 0.25) is 5.91 Å². The first-order valence-corrected chi connectivity index (χ1v) is 6.75. The van der Waals surface area contributed by atoms with Gasteiger partial charge in [-0.1, -0.05) is 0 Å². The number of hydrogen-bond donors (Lipinski definition) is 2. The van der Waals surface area contributed by atoms with Crippen molar-refractivity contribution in [3.63, 3.8) is 0 Å². The summed E-state index contributed by atoms with van der Waals surface area (Å²) in [6.45, 7) is 5.29. The van der Waals surface area contributed by atoms with Crippen LogP contribution in [-0.2, 0) is 14.3 Å². The smallest absolute Gasteiger partial charge is 0.329 e. The molecule has 19 heavy (non-hydrogen) atoms. The molecule has 2 saturated heterocycles. The first kappa shape index (κ1) is 14.3. The molecule has 2 N–H and O–H groups in total. The summed E-state index contributed by atoms with van der Waals surface area (Å²) in [6.07, 6.45) is 3.03. The summed E-state index contributed by atoms with van der Waals surface area (Å²) in [6, 6.07) is 0. The number of nitrogens with one attached hydrogen (secondary N) is 1. The highest BCUT2D eigenvalue weighted by Crippen LogP contribution is 2.29. The molecule has 1 unspecified atom stereocenters. The quantitative estimate of drug-likeness (QED) is 0.764. The number of rotatable bonds is 4. The van der Waals surface area contributed by atoms with Crippen LogP contribution in [0.4, 0.5) is 0 Å². The van der Waals surface area contributed by atoms with Gasteiger partial charge in [-0.2, -0.15) is 0 Å². The van der Waals surface area contributed by atoms with Crippen LogP contribution in [0.2, 0.25) is 0 Å². The van der Waals surface area contributed by atoms with Crippen LogP contribution in [0.25, 0.3) is 0 Å². The minimum Gasteiger partial charge on any atom is -0.480 e. The molecule has 6 heteroatoms. The second-order valence-corrected chi connectivity index (χ2v) is 6.01. The second-order valence-electron chi connectivity index (χ2n) is 6.01. The van der Waals surface area contributed by atoms with E-state index in [1.54, 1.807) is 4.90 Å². The van der Waals surface area contributed by atoms with Gasteiger partial charge in [-0.25, -0.2) is 4.79 Å². The number of carboxylic acid groups (broad SMARTS) is 1. The number of nitrogens with zero attached hydrogens (tertiary/aromatic N) is 1. The highest BCUT2D eigenvalue weighted by Gasteiger charge is 2.48. The molecule has 108 valence electrons. The third-order valence-corrected chi connectivity index (χ3v) is 3.97. The van der Waals surface area contributed by atoms with Crippen LogP contribution < -0.4 is 5.32 Å². The molecule has 6 nitrogen and oxygen atoms in total. The van der Waals surface area contributed by atoms with Crippen molar-refractivity contribution in [1.82, 2.24) is 10.2 Å². The molecule has 0 saturated carbocycles. The van der Waals surface area contributed by atoms with E-state index in [9.17, 15) is 9.59 Å². The van der Waals surface area contributed by atoms with Crippen LogP contribution in [0, 0.1) is 0 Å². The zero-order chi connectivity index (χ0) is 14.1. The van der Waals surface area contributed by atoms with E-state index in [4.69, 9.17) is 9.84 Å². The van der Waals surface area contributed by atoms with Crippen LogP contribution in [-0.4, -0.2) is 59.3 Å². The highest BCUT2D eigenvalue weighted by molar-refractivity contribution is 5.87. The van der Waals surface area contributed by atoms with Crippen LogP contribution in [0.5, 0.6) is 0 Å². The highest BCUT2D eigenvalue weighted by atomic mass is 16.5. The number of carbonyl (C=O) groups is 2. The predicted molar refractivity (Wildman–Crippen MR) is 68.8 cm³/mol. The van der Waals surface area contributed by atoms with Gasteiger partial charge in [-0.05, 0) is 39.7 Å². The summed E-state index contributed by atoms with van der Waals surface area (Å²) in [5, 5.41) is 11.9. The molecule has 0 spiro atoms. The van der Waals surface area contributed by atoms with E-state index in [-0.39, 0.29) is 12.5 Å². The minimum absolute atomic E-state index is 0.101. The fourth-order valence-corrected chi connectivity index (χ4v) is 2.82. The number of aliphatic carboxylic acids is 1. The van der Waals surface area contributed by atoms with Crippen molar-refractivity contribution in [2.75, 3.05) is 26.2 Å². The first-order chi connectivity index (χ1) is 8.85. The molecule has 0 aliphatic carbocycles. The summed E-state index contributed by atoms with van der Waals surface area (Å²) >= 11 is 0. The molecule has 1 atom stereocenters. The van der Waals surface area contributed by atoms with Crippen molar-refractivity contribution >= 4 is 11.9 Å². The Labute approximate surface area is 113 Å². The van der Waals surface area contributed by atoms with Crippen molar-refractivity contribution in [1.29, 1.82) is 0 Å². The third-order valence-electron chi connectivity index (χ3n) is 3.97. The molecule has 0 radical (unpaired) electrons. The van der Waals surface area contributed by atoms with E-state index in [0.717, 1.165) is 25.8 Å². The summed E-state index contributed by atoms with van der Waals surface area (Å²) < 4.78 is 5.31. The monoisotopic (exact) mass is 270 g/mol. The molecule has 0 bridgehead atoms. The average Bonchev–Trinajstić information content (AvgIpc) is 2.33. The molecular formula is C13H22N2O4. The Morgan fingerprint density at radius 2 is 2.00 bits per heavy atom. The standard InChI is InChI=1S/C13H22N2O4/c1-12(19-7-10(16)17)8-15(9-12)11(18)13(2)5-3-4-6-14-13/h14H,3-9H2,1-2H3,(H,16,17). The number of ether oxygens (including phenoxy) is 1. The number of carboxylic acids is 1. The summed E-state index contributed by atoms with van der Waals surface area (Å²) in [5.74, 6) is -0.879. The molecule has 1 amide bonds. The van der Waals surface area contributed by atoms with Crippen molar-refractivity contribution in [3.8, 4) is 0 Å². The van der Waals surface area contributed by atoms with Gasteiger partial charge in [-0.15, -0.1) is 0 Å². The molecule has 2 fully saturated rings. The molecule has 0 aromatic rings. The minimum atomic E-state index is -0.980. The summed E-state index contributed by atoms with van der Waals surface area (Å²) in [7, 11) is 0.